The van der Waals surface area contributed by atoms with Gasteiger partial charge in [-0.1, -0.05) is 24.4 Å². The Morgan fingerprint density at radius 3 is 2.75 bits per heavy atom. The summed E-state index contributed by atoms with van der Waals surface area (Å²) in [5.74, 6) is 0.582. The Labute approximate surface area is 184 Å². The summed E-state index contributed by atoms with van der Waals surface area (Å²) in [4.78, 5) is 20.2. The molecule has 32 heavy (non-hydrogen) atoms. The van der Waals surface area contributed by atoms with E-state index in [1.165, 1.54) is 23.3 Å². The highest BCUT2D eigenvalue weighted by Gasteiger charge is 2.23. The van der Waals surface area contributed by atoms with Crippen LogP contribution in [0.5, 0.6) is 0 Å². The molecule has 11 nitrogen and oxygen atoms in total. The molecule has 0 spiro atoms. The number of amides is 1. The van der Waals surface area contributed by atoms with Gasteiger partial charge in [-0.3, -0.25) is 9.48 Å². The molecule has 0 radical (unpaired) electrons. The van der Waals surface area contributed by atoms with Gasteiger partial charge in [0.2, 0.25) is 11.7 Å². The van der Waals surface area contributed by atoms with Crippen molar-refractivity contribution in [1.29, 1.82) is 0 Å². The SMILES string of the molecule is C=C(N)/N=C\C(=C/N)C(=C)/C=C\C(=C/N)c1noc(-c2cnn(CC(=O)NC3CC3)c2)n1. The number of hydrogen-bond donors (Lipinski definition) is 4. The van der Waals surface area contributed by atoms with Crippen LogP contribution in [0.15, 0.2) is 76.6 Å². The van der Waals surface area contributed by atoms with Crippen LogP contribution in [0.2, 0.25) is 0 Å². The first-order valence-electron chi connectivity index (χ1n) is 9.75. The van der Waals surface area contributed by atoms with Gasteiger partial charge in [-0.15, -0.1) is 0 Å². The summed E-state index contributed by atoms with van der Waals surface area (Å²) < 4.78 is 6.84. The second-order valence-corrected chi connectivity index (χ2v) is 7.04. The lowest BCUT2D eigenvalue weighted by Gasteiger charge is -2.02. The van der Waals surface area contributed by atoms with Crippen molar-refractivity contribution in [3.8, 4) is 11.5 Å². The molecule has 7 N–H and O–H groups in total. The number of aliphatic imine (C=N–C) groups is 1. The second kappa shape index (κ2) is 10.1. The molecule has 0 saturated heterocycles. The number of nitrogens with zero attached hydrogens (tertiary/aromatic N) is 5. The van der Waals surface area contributed by atoms with E-state index in [1.807, 2.05) is 0 Å². The van der Waals surface area contributed by atoms with Crippen molar-refractivity contribution >= 4 is 17.7 Å². The molecular formula is C21H25N9O2. The lowest BCUT2D eigenvalue weighted by Crippen LogP contribution is -2.29. The Kier molecular flexibility index (Phi) is 7.01. The lowest BCUT2D eigenvalue weighted by atomic mass is 10.1. The number of carbonyl (C=O) groups excluding carboxylic acids is 1. The highest BCUT2D eigenvalue weighted by Crippen LogP contribution is 2.21. The van der Waals surface area contributed by atoms with Crippen LogP contribution >= 0.6 is 0 Å². The van der Waals surface area contributed by atoms with Gasteiger partial charge in [-0.05, 0) is 24.5 Å². The van der Waals surface area contributed by atoms with Gasteiger partial charge in [0.15, 0.2) is 0 Å². The van der Waals surface area contributed by atoms with Gasteiger partial charge < -0.3 is 27.0 Å². The first kappa shape index (κ1) is 22.3. The van der Waals surface area contributed by atoms with E-state index in [1.54, 1.807) is 24.5 Å². The maximum atomic E-state index is 11.9. The fourth-order valence-corrected chi connectivity index (χ4v) is 2.54. The van der Waals surface area contributed by atoms with E-state index in [0.717, 1.165) is 12.8 Å². The number of nitrogens with one attached hydrogen (secondary N) is 1. The van der Waals surface area contributed by atoms with Crippen LogP contribution in [0.4, 0.5) is 0 Å². The maximum absolute atomic E-state index is 11.9. The Morgan fingerprint density at radius 1 is 1.31 bits per heavy atom. The summed E-state index contributed by atoms with van der Waals surface area (Å²) >= 11 is 0. The largest absolute Gasteiger partial charge is 0.404 e. The molecule has 1 amide bonds. The van der Waals surface area contributed by atoms with Crippen molar-refractivity contribution in [1.82, 2.24) is 25.2 Å². The Hall–Kier alpha value is -4.41. The van der Waals surface area contributed by atoms with Crippen molar-refractivity contribution in [2.24, 2.45) is 22.2 Å². The normalized spacial score (nSPS) is 14.9. The quantitative estimate of drug-likeness (QED) is 0.315. The van der Waals surface area contributed by atoms with E-state index in [4.69, 9.17) is 21.7 Å². The minimum absolute atomic E-state index is 0.0844. The summed E-state index contributed by atoms with van der Waals surface area (Å²) in [6.07, 6.45) is 12.7. The lowest BCUT2D eigenvalue weighted by molar-refractivity contribution is -0.122. The molecule has 166 valence electrons. The minimum Gasteiger partial charge on any atom is -0.404 e. The summed E-state index contributed by atoms with van der Waals surface area (Å²) in [6.45, 7) is 7.54. The number of hydrogen-bond acceptors (Lipinski definition) is 9. The minimum atomic E-state index is -0.0844. The van der Waals surface area contributed by atoms with E-state index >= 15 is 0 Å². The van der Waals surface area contributed by atoms with Crippen molar-refractivity contribution < 1.29 is 9.32 Å². The topological polar surface area (TPSA) is 176 Å². The van der Waals surface area contributed by atoms with E-state index in [-0.39, 0.29) is 30.0 Å². The van der Waals surface area contributed by atoms with Crippen LogP contribution in [-0.4, -0.2) is 38.1 Å². The third kappa shape index (κ3) is 6.05. The molecule has 0 bridgehead atoms. The highest BCUT2D eigenvalue weighted by molar-refractivity contribution is 5.86. The van der Waals surface area contributed by atoms with E-state index in [9.17, 15) is 4.79 Å². The third-order valence-corrected chi connectivity index (χ3v) is 4.38. The van der Waals surface area contributed by atoms with Gasteiger partial charge in [0.05, 0.1) is 11.8 Å². The summed E-state index contributed by atoms with van der Waals surface area (Å²) in [5.41, 5.74) is 19.0. The van der Waals surface area contributed by atoms with Crippen LogP contribution in [0.25, 0.3) is 17.0 Å². The fraction of sp³-hybridized carbons (Fsp3) is 0.190. The predicted molar refractivity (Wildman–Crippen MR) is 121 cm³/mol. The van der Waals surface area contributed by atoms with Crippen LogP contribution in [0, 0.1) is 0 Å². The zero-order chi connectivity index (χ0) is 23.1. The van der Waals surface area contributed by atoms with Crippen molar-refractivity contribution in [2.75, 3.05) is 0 Å². The fourth-order valence-electron chi connectivity index (χ4n) is 2.54. The van der Waals surface area contributed by atoms with Crippen LogP contribution in [0.3, 0.4) is 0 Å². The molecule has 0 aliphatic heterocycles. The Balaban J connectivity index is 1.66. The standard InChI is InChI=1S/C21H25N9O2/c1-13(16(8-23)9-25-14(2)24)3-4-15(7-22)20-28-21(32-29-20)17-10-26-30(11-17)12-19(31)27-18-5-6-18/h3-4,7-11,18H,1-2,5-6,12,22-24H2,(H,27,31)/b4-3-,15-7+,16-8+,25-9-. The van der Waals surface area contributed by atoms with Crippen LogP contribution in [0.1, 0.15) is 18.7 Å². The number of allylic oxidation sites excluding steroid dienone is 5. The summed E-state index contributed by atoms with van der Waals surface area (Å²) in [6, 6.07) is 0.297. The molecule has 0 aromatic carbocycles. The van der Waals surface area contributed by atoms with Crippen LogP contribution < -0.4 is 22.5 Å². The van der Waals surface area contributed by atoms with Gasteiger partial charge >= 0.3 is 0 Å². The van der Waals surface area contributed by atoms with E-state index in [2.05, 4.69) is 38.7 Å². The summed E-state index contributed by atoms with van der Waals surface area (Å²) in [7, 11) is 0. The van der Waals surface area contributed by atoms with Crippen LogP contribution in [-0.2, 0) is 11.3 Å². The number of aromatic nitrogens is 4. The average molecular weight is 435 g/mol. The molecule has 1 aliphatic rings. The molecule has 1 saturated carbocycles. The van der Waals surface area contributed by atoms with Crippen molar-refractivity contribution in [3.63, 3.8) is 0 Å². The molecule has 11 heteroatoms. The molecule has 0 unspecified atom stereocenters. The number of carbonyl (C=O) groups is 1. The van der Waals surface area contributed by atoms with Gasteiger partial charge in [0, 0.05) is 42.0 Å². The molecular weight excluding hydrogens is 410 g/mol. The van der Waals surface area contributed by atoms with Gasteiger partial charge in [0.25, 0.3) is 5.89 Å². The Bertz CT molecular complexity index is 1130. The molecule has 3 rings (SSSR count). The zero-order valence-corrected chi connectivity index (χ0v) is 17.4. The Morgan fingerprint density at radius 2 is 2.09 bits per heavy atom. The zero-order valence-electron chi connectivity index (χ0n) is 17.4. The predicted octanol–water partition coefficient (Wildman–Crippen LogP) is 0.967. The first-order valence-corrected chi connectivity index (χ1v) is 9.75. The molecule has 2 heterocycles. The smallest absolute Gasteiger partial charge is 0.261 e. The van der Waals surface area contributed by atoms with Gasteiger partial charge in [0.1, 0.15) is 12.4 Å². The molecule has 0 atom stereocenters. The number of nitrogens with two attached hydrogens (primary N) is 3. The molecule has 1 aliphatic carbocycles. The first-order chi connectivity index (χ1) is 15.4. The number of rotatable bonds is 10. The van der Waals surface area contributed by atoms with E-state index in [0.29, 0.717) is 28.3 Å². The average Bonchev–Trinajstić information content (AvgIpc) is 3.23. The van der Waals surface area contributed by atoms with Crippen molar-refractivity contribution in [3.05, 3.63) is 72.9 Å². The van der Waals surface area contributed by atoms with Gasteiger partial charge in [-0.2, -0.15) is 10.1 Å². The molecule has 2 aromatic rings. The van der Waals surface area contributed by atoms with Crippen molar-refractivity contribution in [2.45, 2.75) is 25.4 Å². The molecule has 2 aromatic heterocycles. The summed E-state index contributed by atoms with van der Waals surface area (Å²) in [5, 5.41) is 11.0. The van der Waals surface area contributed by atoms with E-state index < -0.39 is 0 Å². The second-order valence-electron chi connectivity index (χ2n) is 7.04. The van der Waals surface area contributed by atoms with Gasteiger partial charge in [-0.25, -0.2) is 4.99 Å². The monoisotopic (exact) mass is 435 g/mol. The molecule has 1 fully saturated rings. The third-order valence-electron chi connectivity index (χ3n) is 4.38. The highest BCUT2D eigenvalue weighted by atomic mass is 16.5. The maximum Gasteiger partial charge on any atom is 0.261 e.